The van der Waals surface area contributed by atoms with Gasteiger partial charge in [0.15, 0.2) is 5.78 Å². The van der Waals surface area contributed by atoms with Crippen LogP contribution >= 0.6 is 0 Å². The molecular formula is C13H12N2O. The number of carbonyl (C=O) groups excluding carboxylic acids is 1. The molecule has 1 heterocycles. The molecule has 0 radical (unpaired) electrons. The zero-order chi connectivity index (χ0) is 11.4. The molecule has 0 saturated carbocycles. The van der Waals surface area contributed by atoms with E-state index in [0.717, 1.165) is 11.4 Å². The van der Waals surface area contributed by atoms with Crippen LogP contribution in [0.15, 0.2) is 65.6 Å². The SMILES string of the molecule is CN1C=CC=C/C1=C\N=C1C=CC(=O)C=C1. The minimum Gasteiger partial charge on any atom is -0.350 e. The van der Waals surface area contributed by atoms with Crippen molar-refractivity contribution in [3.63, 3.8) is 0 Å². The molecule has 0 aromatic rings. The number of hydrogen-bond acceptors (Lipinski definition) is 3. The third-order valence-corrected chi connectivity index (χ3v) is 2.28. The van der Waals surface area contributed by atoms with Crippen molar-refractivity contribution in [1.82, 2.24) is 4.90 Å². The van der Waals surface area contributed by atoms with Gasteiger partial charge in [-0.3, -0.25) is 9.79 Å². The molecule has 0 saturated heterocycles. The van der Waals surface area contributed by atoms with Gasteiger partial charge in [-0.25, -0.2) is 0 Å². The number of hydrogen-bond donors (Lipinski definition) is 0. The molecule has 80 valence electrons. The van der Waals surface area contributed by atoms with Crippen molar-refractivity contribution in [2.24, 2.45) is 4.99 Å². The van der Waals surface area contributed by atoms with Crippen LogP contribution < -0.4 is 0 Å². The lowest BCUT2D eigenvalue weighted by molar-refractivity contribution is -0.110. The van der Waals surface area contributed by atoms with Crippen LogP contribution in [0.1, 0.15) is 0 Å². The summed E-state index contributed by atoms with van der Waals surface area (Å²) in [4.78, 5) is 17.2. The molecule has 0 unspecified atom stereocenters. The van der Waals surface area contributed by atoms with Gasteiger partial charge in [0.2, 0.25) is 0 Å². The van der Waals surface area contributed by atoms with E-state index in [0.29, 0.717) is 0 Å². The number of carbonyl (C=O) groups is 1. The molecule has 0 aromatic heterocycles. The van der Waals surface area contributed by atoms with E-state index >= 15 is 0 Å². The first-order valence-corrected chi connectivity index (χ1v) is 5.01. The van der Waals surface area contributed by atoms with Gasteiger partial charge in [-0.15, -0.1) is 0 Å². The maximum Gasteiger partial charge on any atom is 0.178 e. The topological polar surface area (TPSA) is 32.7 Å². The minimum absolute atomic E-state index is 0.00390. The fraction of sp³-hybridized carbons (Fsp3) is 0.0769. The molecule has 2 aliphatic rings. The predicted molar refractivity (Wildman–Crippen MR) is 64.8 cm³/mol. The first-order valence-electron chi connectivity index (χ1n) is 5.01. The highest BCUT2D eigenvalue weighted by molar-refractivity contribution is 6.16. The summed E-state index contributed by atoms with van der Waals surface area (Å²) in [5.74, 6) is 0.00390. The highest BCUT2D eigenvalue weighted by Gasteiger charge is 2.01. The van der Waals surface area contributed by atoms with Crippen LogP contribution in [0.5, 0.6) is 0 Å². The summed E-state index contributed by atoms with van der Waals surface area (Å²) in [5.41, 5.74) is 1.79. The molecule has 0 amide bonds. The van der Waals surface area contributed by atoms with Gasteiger partial charge < -0.3 is 4.90 Å². The van der Waals surface area contributed by atoms with Crippen LogP contribution in [-0.4, -0.2) is 23.4 Å². The van der Waals surface area contributed by atoms with Crippen LogP contribution in [0.2, 0.25) is 0 Å². The van der Waals surface area contributed by atoms with Crippen molar-refractivity contribution in [2.75, 3.05) is 7.05 Å². The Labute approximate surface area is 94.5 Å². The maximum atomic E-state index is 10.9. The molecule has 2 rings (SSSR count). The minimum atomic E-state index is 0.00390. The van der Waals surface area contributed by atoms with Crippen LogP contribution in [0.4, 0.5) is 0 Å². The molecule has 0 aromatic carbocycles. The average Bonchev–Trinajstić information content (AvgIpc) is 2.30. The molecule has 1 aliphatic heterocycles. The summed E-state index contributed by atoms with van der Waals surface area (Å²) in [6.45, 7) is 0. The average molecular weight is 212 g/mol. The number of rotatable bonds is 1. The van der Waals surface area contributed by atoms with E-state index in [1.165, 1.54) is 12.2 Å². The van der Waals surface area contributed by atoms with Gasteiger partial charge in [-0.05, 0) is 36.5 Å². The third-order valence-electron chi connectivity index (χ3n) is 2.28. The molecule has 0 N–H and O–H groups in total. The van der Waals surface area contributed by atoms with E-state index in [9.17, 15) is 4.79 Å². The third kappa shape index (κ3) is 2.45. The molecule has 0 atom stereocenters. The van der Waals surface area contributed by atoms with Crippen molar-refractivity contribution in [2.45, 2.75) is 0 Å². The van der Waals surface area contributed by atoms with E-state index in [1.807, 2.05) is 36.4 Å². The van der Waals surface area contributed by atoms with Gasteiger partial charge in [-0.1, -0.05) is 6.08 Å². The second-order valence-corrected chi connectivity index (χ2v) is 3.49. The van der Waals surface area contributed by atoms with E-state index in [4.69, 9.17) is 0 Å². The molecular weight excluding hydrogens is 200 g/mol. The standard InChI is InChI=1S/C13H12N2O/c1-15-9-3-2-4-12(15)10-14-11-5-7-13(16)8-6-11/h2-10H,1H3/b12-10+. The molecule has 1 aliphatic carbocycles. The van der Waals surface area contributed by atoms with Crippen molar-refractivity contribution in [3.05, 3.63) is 60.6 Å². The maximum absolute atomic E-state index is 10.9. The number of allylic oxidation sites excluding steroid dienone is 7. The van der Waals surface area contributed by atoms with Gasteiger partial charge in [0.1, 0.15) is 0 Å². The number of likely N-dealkylation sites (N-methyl/N-ethyl adjacent to an activating group) is 1. The summed E-state index contributed by atoms with van der Waals surface area (Å²) < 4.78 is 0. The lowest BCUT2D eigenvalue weighted by Crippen LogP contribution is -2.10. The van der Waals surface area contributed by atoms with E-state index in [1.54, 1.807) is 18.4 Å². The van der Waals surface area contributed by atoms with Crippen LogP contribution in [-0.2, 0) is 4.79 Å². The summed E-state index contributed by atoms with van der Waals surface area (Å²) in [7, 11) is 1.96. The second kappa shape index (κ2) is 4.57. The van der Waals surface area contributed by atoms with Crippen LogP contribution in [0.3, 0.4) is 0 Å². The van der Waals surface area contributed by atoms with E-state index in [-0.39, 0.29) is 5.78 Å². The van der Waals surface area contributed by atoms with Gasteiger partial charge in [0.25, 0.3) is 0 Å². The molecule has 0 bridgehead atoms. The second-order valence-electron chi connectivity index (χ2n) is 3.49. The zero-order valence-corrected chi connectivity index (χ0v) is 9.00. The Balaban J connectivity index is 2.14. The largest absolute Gasteiger partial charge is 0.350 e. The summed E-state index contributed by atoms with van der Waals surface area (Å²) in [6.07, 6.45) is 16.1. The van der Waals surface area contributed by atoms with Crippen molar-refractivity contribution < 1.29 is 4.79 Å². The smallest absolute Gasteiger partial charge is 0.178 e. The molecule has 0 spiro atoms. The molecule has 0 fully saturated rings. The highest BCUT2D eigenvalue weighted by atomic mass is 16.1. The fourth-order valence-corrected chi connectivity index (χ4v) is 1.34. The van der Waals surface area contributed by atoms with Crippen LogP contribution in [0, 0.1) is 0 Å². The molecule has 3 heteroatoms. The molecule has 16 heavy (non-hydrogen) atoms. The molecule has 3 nitrogen and oxygen atoms in total. The summed E-state index contributed by atoms with van der Waals surface area (Å²) in [6, 6.07) is 0. The Morgan fingerprint density at radius 3 is 2.56 bits per heavy atom. The fourth-order valence-electron chi connectivity index (χ4n) is 1.34. The Morgan fingerprint density at radius 2 is 1.88 bits per heavy atom. The monoisotopic (exact) mass is 212 g/mol. The predicted octanol–water partition coefficient (Wildman–Crippen LogP) is 1.98. The summed E-state index contributed by atoms with van der Waals surface area (Å²) in [5, 5.41) is 0. The Morgan fingerprint density at radius 1 is 1.12 bits per heavy atom. The van der Waals surface area contributed by atoms with Crippen molar-refractivity contribution >= 4 is 11.5 Å². The van der Waals surface area contributed by atoms with Gasteiger partial charge in [0.05, 0.1) is 17.6 Å². The van der Waals surface area contributed by atoms with Crippen LogP contribution in [0.25, 0.3) is 0 Å². The number of nitrogens with zero attached hydrogens (tertiary/aromatic N) is 2. The van der Waals surface area contributed by atoms with Gasteiger partial charge in [-0.2, -0.15) is 0 Å². The highest BCUT2D eigenvalue weighted by Crippen LogP contribution is 2.09. The van der Waals surface area contributed by atoms with Crippen molar-refractivity contribution in [3.8, 4) is 0 Å². The first-order chi connectivity index (χ1) is 7.75. The lowest BCUT2D eigenvalue weighted by atomic mass is 10.2. The van der Waals surface area contributed by atoms with E-state index in [2.05, 4.69) is 4.99 Å². The van der Waals surface area contributed by atoms with Crippen molar-refractivity contribution in [1.29, 1.82) is 0 Å². The zero-order valence-electron chi connectivity index (χ0n) is 9.00. The number of ketones is 1. The summed E-state index contributed by atoms with van der Waals surface area (Å²) >= 11 is 0. The number of aliphatic imine (C=N–C) groups is 1. The Hall–Kier alpha value is -2.16. The normalized spacial score (nSPS) is 21.1. The quantitative estimate of drug-likeness (QED) is 0.622. The first kappa shape index (κ1) is 10.4. The van der Waals surface area contributed by atoms with Gasteiger partial charge >= 0.3 is 0 Å². The van der Waals surface area contributed by atoms with Gasteiger partial charge in [0, 0.05) is 13.2 Å². The van der Waals surface area contributed by atoms with E-state index < -0.39 is 0 Å². The Kier molecular flexibility index (Phi) is 2.96. The lowest BCUT2D eigenvalue weighted by Gasteiger charge is -2.16. The Bertz CT molecular complexity index is 458.